The van der Waals surface area contributed by atoms with E-state index in [4.69, 9.17) is 0 Å². The molecule has 1 atom stereocenters. The van der Waals surface area contributed by atoms with Gasteiger partial charge in [0.2, 0.25) is 0 Å². The Hall–Kier alpha value is -0.340. The van der Waals surface area contributed by atoms with E-state index in [-0.39, 0.29) is 0 Å². The molecular weight excluding hydrogens is 250 g/mol. The van der Waals surface area contributed by atoms with Crippen LogP contribution in [0, 0.1) is 5.92 Å². The molecular formula is C13H18BrN. The molecule has 15 heavy (non-hydrogen) atoms. The lowest BCUT2D eigenvalue weighted by Gasteiger charge is -2.43. The summed E-state index contributed by atoms with van der Waals surface area (Å²) in [6.45, 7) is 7.12. The Morgan fingerprint density at radius 3 is 2.80 bits per heavy atom. The highest BCUT2D eigenvalue weighted by molar-refractivity contribution is 9.10. The monoisotopic (exact) mass is 267 g/mol. The minimum Gasteiger partial charge on any atom is -0.296 e. The molecule has 1 aromatic carbocycles. The Labute approximate surface area is 101 Å². The van der Waals surface area contributed by atoms with Gasteiger partial charge in [-0.15, -0.1) is 0 Å². The molecule has 0 radical (unpaired) electrons. The molecule has 0 spiro atoms. The average molecular weight is 268 g/mol. The summed E-state index contributed by atoms with van der Waals surface area (Å²) in [5, 5.41) is 0. The highest BCUT2D eigenvalue weighted by atomic mass is 79.9. The van der Waals surface area contributed by atoms with E-state index in [0.717, 1.165) is 5.92 Å². The molecule has 0 aromatic heterocycles. The lowest BCUT2D eigenvalue weighted by atomic mass is 9.93. The zero-order chi connectivity index (χ0) is 10.8. The molecule has 0 amide bonds. The van der Waals surface area contributed by atoms with Crippen molar-refractivity contribution in [3.8, 4) is 0 Å². The average Bonchev–Trinajstić information content (AvgIpc) is 2.16. The van der Waals surface area contributed by atoms with Gasteiger partial charge < -0.3 is 0 Å². The van der Waals surface area contributed by atoms with Crippen molar-refractivity contribution in [2.24, 2.45) is 5.92 Å². The maximum atomic E-state index is 3.53. The molecule has 0 bridgehead atoms. The maximum absolute atomic E-state index is 3.53. The zero-order valence-corrected chi connectivity index (χ0v) is 11.0. The van der Waals surface area contributed by atoms with Crippen LogP contribution in [0.1, 0.15) is 31.9 Å². The first-order valence-electron chi connectivity index (χ1n) is 5.70. The number of hydrogen-bond donors (Lipinski definition) is 0. The van der Waals surface area contributed by atoms with E-state index in [1.54, 1.807) is 0 Å². The van der Waals surface area contributed by atoms with E-state index < -0.39 is 0 Å². The van der Waals surface area contributed by atoms with Gasteiger partial charge in [0.1, 0.15) is 0 Å². The molecule has 1 unspecified atom stereocenters. The minimum atomic E-state index is 0.560. The summed E-state index contributed by atoms with van der Waals surface area (Å²) >= 11 is 3.53. The predicted molar refractivity (Wildman–Crippen MR) is 67.9 cm³/mol. The largest absolute Gasteiger partial charge is 0.296 e. The fourth-order valence-corrected chi connectivity index (χ4v) is 2.58. The smallest absolute Gasteiger partial charge is 0.0320 e. The van der Waals surface area contributed by atoms with Gasteiger partial charge in [-0.25, -0.2) is 0 Å². The van der Waals surface area contributed by atoms with Crippen molar-refractivity contribution in [1.82, 2.24) is 4.90 Å². The number of likely N-dealkylation sites (tertiary alicyclic amines) is 1. The molecule has 82 valence electrons. The number of rotatable bonds is 3. The Bertz CT molecular complexity index is 331. The topological polar surface area (TPSA) is 3.24 Å². The third kappa shape index (κ3) is 2.43. The van der Waals surface area contributed by atoms with Crippen molar-refractivity contribution in [2.45, 2.75) is 26.3 Å². The van der Waals surface area contributed by atoms with Crippen LogP contribution in [-0.4, -0.2) is 18.0 Å². The van der Waals surface area contributed by atoms with E-state index in [1.807, 2.05) is 0 Å². The molecule has 1 fully saturated rings. The van der Waals surface area contributed by atoms with Crippen molar-refractivity contribution >= 4 is 15.9 Å². The lowest BCUT2D eigenvalue weighted by Crippen LogP contribution is -2.47. The van der Waals surface area contributed by atoms with E-state index in [1.165, 1.54) is 29.5 Å². The Morgan fingerprint density at radius 1 is 1.47 bits per heavy atom. The van der Waals surface area contributed by atoms with E-state index in [0.29, 0.717) is 6.04 Å². The third-order valence-electron chi connectivity index (χ3n) is 3.44. The van der Waals surface area contributed by atoms with Gasteiger partial charge in [-0.2, -0.15) is 0 Å². The molecule has 2 heteroatoms. The highest BCUT2D eigenvalue weighted by Gasteiger charge is 2.29. The summed E-state index contributed by atoms with van der Waals surface area (Å²) in [4.78, 5) is 2.55. The first-order valence-corrected chi connectivity index (χ1v) is 6.49. The SMILES string of the molecule is CCC1CN(C(C)c2cccc(Br)c2)C1. The first kappa shape index (κ1) is 11.2. The Balaban J connectivity index is 2.00. The molecule has 1 heterocycles. The Kier molecular flexibility index (Phi) is 3.47. The van der Waals surface area contributed by atoms with E-state index in [2.05, 4.69) is 58.9 Å². The zero-order valence-electron chi connectivity index (χ0n) is 9.41. The van der Waals surface area contributed by atoms with Crippen LogP contribution in [0.15, 0.2) is 28.7 Å². The van der Waals surface area contributed by atoms with Crippen LogP contribution in [0.4, 0.5) is 0 Å². The number of nitrogens with zero attached hydrogens (tertiary/aromatic N) is 1. The van der Waals surface area contributed by atoms with Crippen molar-refractivity contribution in [2.75, 3.05) is 13.1 Å². The molecule has 1 nitrogen and oxygen atoms in total. The number of hydrogen-bond acceptors (Lipinski definition) is 1. The van der Waals surface area contributed by atoms with Gasteiger partial charge >= 0.3 is 0 Å². The summed E-state index contributed by atoms with van der Waals surface area (Å²) in [7, 11) is 0. The standard InChI is InChI=1S/C13H18BrN/c1-3-11-8-15(9-11)10(2)12-5-4-6-13(14)7-12/h4-7,10-11H,3,8-9H2,1-2H3. The summed E-state index contributed by atoms with van der Waals surface area (Å²) < 4.78 is 1.18. The fraction of sp³-hybridized carbons (Fsp3) is 0.538. The van der Waals surface area contributed by atoms with Crippen molar-refractivity contribution < 1.29 is 0 Å². The minimum absolute atomic E-state index is 0.560. The first-order chi connectivity index (χ1) is 7.20. The summed E-state index contributed by atoms with van der Waals surface area (Å²) in [5.74, 6) is 0.930. The van der Waals surface area contributed by atoms with Gasteiger partial charge in [0.25, 0.3) is 0 Å². The van der Waals surface area contributed by atoms with Crippen LogP contribution in [0.2, 0.25) is 0 Å². The maximum Gasteiger partial charge on any atom is 0.0320 e. The van der Waals surface area contributed by atoms with Crippen LogP contribution in [0.25, 0.3) is 0 Å². The van der Waals surface area contributed by atoms with Crippen LogP contribution < -0.4 is 0 Å². The summed E-state index contributed by atoms with van der Waals surface area (Å²) in [6.07, 6.45) is 1.32. The second kappa shape index (κ2) is 4.67. The van der Waals surface area contributed by atoms with Gasteiger partial charge in [0.05, 0.1) is 0 Å². The molecule has 1 saturated heterocycles. The second-order valence-electron chi connectivity index (χ2n) is 4.46. The van der Waals surface area contributed by atoms with Crippen molar-refractivity contribution in [3.63, 3.8) is 0 Å². The molecule has 1 aliphatic rings. The van der Waals surface area contributed by atoms with Gasteiger partial charge in [-0.3, -0.25) is 4.90 Å². The molecule has 0 aliphatic carbocycles. The van der Waals surface area contributed by atoms with E-state index in [9.17, 15) is 0 Å². The highest BCUT2D eigenvalue weighted by Crippen LogP contribution is 2.30. The van der Waals surface area contributed by atoms with Crippen LogP contribution >= 0.6 is 15.9 Å². The van der Waals surface area contributed by atoms with Crippen LogP contribution in [0.3, 0.4) is 0 Å². The molecule has 0 saturated carbocycles. The van der Waals surface area contributed by atoms with Gasteiger partial charge in [0, 0.05) is 23.6 Å². The van der Waals surface area contributed by atoms with E-state index >= 15 is 0 Å². The van der Waals surface area contributed by atoms with Crippen LogP contribution in [0.5, 0.6) is 0 Å². The van der Waals surface area contributed by atoms with Gasteiger partial charge in [-0.1, -0.05) is 41.4 Å². The van der Waals surface area contributed by atoms with Gasteiger partial charge in [0.15, 0.2) is 0 Å². The lowest BCUT2D eigenvalue weighted by molar-refractivity contribution is 0.0577. The number of halogens is 1. The van der Waals surface area contributed by atoms with Crippen molar-refractivity contribution in [1.29, 1.82) is 0 Å². The third-order valence-corrected chi connectivity index (χ3v) is 3.93. The summed E-state index contributed by atoms with van der Waals surface area (Å²) in [6, 6.07) is 9.21. The second-order valence-corrected chi connectivity index (χ2v) is 5.37. The summed E-state index contributed by atoms with van der Waals surface area (Å²) in [5.41, 5.74) is 1.42. The van der Waals surface area contributed by atoms with Crippen LogP contribution in [-0.2, 0) is 0 Å². The normalized spacial score (nSPS) is 19.9. The Morgan fingerprint density at radius 2 is 2.20 bits per heavy atom. The fourth-order valence-electron chi connectivity index (χ4n) is 2.16. The molecule has 0 N–H and O–H groups in total. The molecule has 2 rings (SSSR count). The molecule has 1 aromatic rings. The number of benzene rings is 1. The van der Waals surface area contributed by atoms with Gasteiger partial charge in [-0.05, 0) is 30.5 Å². The molecule has 1 aliphatic heterocycles. The van der Waals surface area contributed by atoms with Crippen molar-refractivity contribution in [3.05, 3.63) is 34.3 Å². The predicted octanol–water partition coefficient (Wildman–Crippen LogP) is 3.85. The quantitative estimate of drug-likeness (QED) is 0.804.